The quantitative estimate of drug-likeness (QED) is 0.802. The molecule has 2 atom stereocenters. The molecule has 1 aromatic carbocycles. The molecule has 1 saturated carbocycles. The van der Waals surface area contributed by atoms with Gasteiger partial charge in [-0.25, -0.2) is 13.1 Å². The third-order valence-corrected chi connectivity index (χ3v) is 5.39. The van der Waals surface area contributed by atoms with Crippen molar-refractivity contribution < 1.29 is 18.3 Å². The molecule has 1 aliphatic carbocycles. The summed E-state index contributed by atoms with van der Waals surface area (Å²) in [7, 11) is -3.36. The van der Waals surface area contributed by atoms with E-state index in [4.69, 9.17) is 5.11 Å². The van der Waals surface area contributed by atoms with Crippen molar-refractivity contribution in [1.82, 2.24) is 4.72 Å². The summed E-state index contributed by atoms with van der Waals surface area (Å²) in [6, 6.07) is 9.44. The predicted octanol–water partition coefficient (Wildman–Crippen LogP) is 1.65. The standard InChI is InChI=1S/C15H21NO4S/c17-15(18)14-8-4-7-13(14)11-16-21(19,20)10-9-12-5-2-1-3-6-12/h1-3,5-6,13-14,16H,4,7-11H2,(H,17,18). The van der Waals surface area contributed by atoms with Crippen LogP contribution in [0.4, 0.5) is 0 Å². The lowest BCUT2D eigenvalue weighted by atomic mass is 9.97. The van der Waals surface area contributed by atoms with Crippen molar-refractivity contribution >= 4 is 16.0 Å². The largest absolute Gasteiger partial charge is 0.481 e. The molecule has 1 aliphatic rings. The van der Waals surface area contributed by atoms with Gasteiger partial charge in [-0.1, -0.05) is 36.8 Å². The average Bonchev–Trinajstić information content (AvgIpc) is 2.93. The van der Waals surface area contributed by atoms with E-state index in [2.05, 4.69) is 4.72 Å². The molecule has 0 aliphatic heterocycles. The van der Waals surface area contributed by atoms with Gasteiger partial charge in [0.2, 0.25) is 10.0 Å². The molecular formula is C15H21NO4S. The maximum absolute atomic E-state index is 12.0. The summed E-state index contributed by atoms with van der Waals surface area (Å²) >= 11 is 0. The number of aryl methyl sites for hydroxylation is 1. The summed E-state index contributed by atoms with van der Waals surface area (Å²) in [6.07, 6.45) is 2.74. The van der Waals surface area contributed by atoms with Gasteiger partial charge in [-0.05, 0) is 30.7 Å². The number of carbonyl (C=O) groups is 1. The van der Waals surface area contributed by atoms with E-state index in [-0.39, 0.29) is 18.2 Å². The van der Waals surface area contributed by atoms with Gasteiger partial charge >= 0.3 is 5.97 Å². The molecule has 2 rings (SSSR count). The molecule has 0 radical (unpaired) electrons. The molecule has 2 N–H and O–H groups in total. The molecule has 0 spiro atoms. The maximum atomic E-state index is 12.0. The second-order valence-corrected chi connectivity index (χ2v) is 7.47. The van der Waals surface area contributed by atoms with Crippen LogP contribution in [-0.4, -0.2) is 31.8 Å². The fourth-order valence-electron chi connectivity index (χ4n) is 2.81. The van der Waals surface area contributed by atoms with E-state index in [1.165, 1.54) is 0 Å². The SMILES string of the molecule is O=C(O)C1CCCC1CNS(=O)(=O)CCc1ccccc1. The van der Waals surface area contributed by atoms with Crippen molar-refractivity contribution in [1.29, 1.82) is 0 Å². The van der Waals surface area contributed by atoms with Crippen LogP contribution in [0.1, 0.15) is 24.8 Å². The summed E-state index contributed by atoms with van der Waals surface area (Å²) < 4.78 is 26.5. The van der Waals surface area contributed by atoms with Crippen LogP contribution in [0.2, 0.25) is 0 Å². The Labute approximate surface area is 125 Å². The van der Waals surface area contributed by atoms with Gasteiger partial charge in [0.1, 0.15) is 0 Å². The second-order valence-electron chi connectivity index (χ2n) is 5.54. The molecule has 116 valence electrons. The first-order chi connectivity index (χ1) is 9.98. The third kappa shape index (κ3) is 4.82. The topological polar surface area (TPSA) is 83.5 Å². The highest BCUT2D eigenvalue weighted by Gasteiger charge is 2.33. The molecule has 0 saturated heterocycles. The number of sulfonamides is 1. The molecule has 0 amide bonds. The van der Waals surface area contributed by atoms with Gasteiger partial charge in [-0.15, -0.1) is 0 Å². The van der Waals surface area contributed by atoms with Crippen LogP contribution >= 0.6 is 0 Å². The van der Waals surface area contributed by atoms with Gasteiger partial charge in [0.05, 0.1) is 11.7 Å². The van der Waals surface area contributed by atoms with Gasteiger partial charge in [0.25, 0.3) is 0 Å². The molecule has 2 unspecified atom stereocenters. The zero-order valence-corrected chi connectivity index (χ0v) is 12.7. The summed E-state index contributed by atoms with van der Waals surface area (Å²) in [6.45, 7) is 0.230. The van der Waals surface area contributed by atoms with E-state index in [0.717, 1.165) is 18.4 Å². The molecule has 0 heterocycles. The fraction of sp³-hybridized carbons (Fsp3) is 0.533. The van der Waals surface area contributed by atoms with E-state index < -0.39 is 21.9 Å². The van der Waals surface area contributed by atoms with Crippen LogP contribution in [0.3, 0.4) is 0 Å². The summed E-state index contributed by atoms with van der Waals surface area (Å²) in [5, 5.41) is 9.09. The third-order valence-electron chi connectivity index (χ3n) is 4.04. The fourth-order valence-corrected chi connectivity index (χ4v) is 3.93. The van der Waals surface area contributed by atoms with Gasteiger partial charge in [-0.2, -0.15) is 0 Å². The molecule has 21 heavy (non-hydrogen) atoms. The Morgan fingerprint density at radius 1 is 1.24 bits per heavy atom. The van der Waals surface area contributed by atoms with Crippen molar-refractivity contribution in [3.8, 4) is 0 Å². The van der Waals surface area contributed by atoms with Crippen molar-refractivity contribution in [2.45, 2.75) is 25.7 Å². The van der Waals surface area contributed by atoms with Crippen molar-refractivity contribution in [2.24, 2.45) is 11.8 Å². The molecular weight excluding hydrogens is 290 g/mol. The first-order valence-electron chi connectivity index (χ1n) is 7.22. The highest BCUT2D eigenvalue weighted by molar-refractivity contribution is 7.89. The van der Waals surface area contributed by atoms with E-state index in [0.29, 0.717) is 12.8 Å². The number of rotatable bonds is 7. The first kappa shape index (κ1) is 16.0. The Balaban J connectivity index is 1.82. The molecule has 0 aromatic heterocycles. The lowest BCUT2D eigenvalue weighted by Gasteiger charge is -2.16. The van der Waals surface area contributed by atoms with Crippen LogP contribution < -0.4 is 4.72 Å². The zero-order valence-electron chi connectivity index (χ0n) is 11.9. The summed E-state index contributed by atoms with van der Waals surface area (Å²) in [5.41, 5.74) is 0.979. The normalized spacial score (nSPS) is 22.3. The molecule has 1 fully saturated rings. The van der Waals surface area contributed by atoms with Crippen LogP contribution in [0.15, 0.2) is 30.3 Å². The Morgan fingerprint density at radius 3 is 2.62 bits per heavy atom. The zero-order chi connectivity index (χ0) is 15.3. The number of hydrogen-bond acceptors (Lipinski definition) is 3. The minimum Gasteiger partial charge on any atom is -0.481 e. The smallest absolute Gasteiger partial charge is 0.306 e. The van der Waals surface area contributed by atoms with E-state index in [9.17, 15) is 13.2 Å². The van der Waals surface area contributed by atoms with Crippen molar-refractivity contribution in [3.63, 3.8) is 0 Å². The Kier molecular flexibility index (Phi) is 5.36. The number of aliphatic carboxylic acids is 1. The minimum atomic E-state index is -3.36. The Hall–Kier alpha value is -1.40. The molecule has 1 aromatic rings. The van der Waals surface area contributed by atoms with Gasteiger partial charge < -0.3 is 5.11 Å². The molecule has 0 bridgehead atoms. The summed E-state index contributed by atoms with van der Waals surface area (Å²) in [4.78, 5) is 11.1. The Bertz CT molecular complexity index is 571. The monoisotopic (exact) mass is 311 g/mol. The van der Waals surface area contributed by atoms with Gasteiger partial charge in [0, 0.05) is 6.54 Å². The van der Waals surface area contributed by atoms with Crippen molar-refractivity contribution in [2.75, 3.05) is 12.3 Å². The van der Waals surface area contributed by atoms with Crippen LogP contribution in [0.5, 0.6) is 0 Å². The second kappa shape index (κ2) is 7.04. The molecule has 6 heteroatoms. The number of hydrogen-bond donors (Lipinski definition) is 2. The highest BCUT2D eigenvalue weighted by atomic mass is 32.2. The maximum Gasteiger partial charge on any atom is 0.306 e. The minimum absolute atomic E-state index is 0.0292. The number of carboxylic acid groups (broad SMARTS) is 1. The lowest BCUT2D eigenvalue weighted by Crippen LogP contribution is -2.34. The van der Waals surface area contributed by atoms with Crippen LogP contribution in [-0.2, 0) is 21.2 Å². The number of carboxylic acids is 1. The van der Waals surface area contributed by atoms with Gasteiger partial charge in [0.15, 0.2) is 0 Å². The molecule has 5 nitrogen and oxygen atoms in total. The summed E-state index contributed by atoms with van der Waals surface area (Å²) in [5.74, 6) is -1.29. The number of nitrogens with one attached hydrogen (secondary N) is 1. The van der Waals surface area contributed by atoms with Gasteiger partial charge in [-0.3, -0.25) is 4.79 Å². The van der Waals surface area contributed by atoms with Crippen molar-refractivity contribution in [3.05, 3.63) is 35.9 Å². The Morgan fingerprint density at radius 2 is 1.95 bits per heavy atom. The average molecular weight is 311 g/mol. The van der Waals surface area contributed by atoms with Crippen LogP contribution in [0.25, 0.3) is 0 Å². The van der Waals surface area contributed by atoms with E-state index in [1.54, 1.807) is 0 Å². The van der Waals surface area contributed by atoms with Crippen LogP contribution in [0, 0.1) is 11.8 Å². The van der Waals surface area contributed by atoms with E-state index >= 15 is 0 Å². The lowest BCUT2D eigenvalue weighted by molar-refractivity contribution is -0.142. The first-order valence-corrected chi connectivity index (χ1v) is 8.87. The highest BCUT2D eigenvalue weighted by Crippen LogP contribution is 2.31. The predicted molar refractivity (Wildman–Crippen MR) is 80.4 cm³/mol. The number of benzene rings is 1. The van der Waals surface area contributed by atoms with E-state index in [1.807, 2.05) is 30.3 Å².